The van der Waals surface area contributed by atoms with Crippen LogP contribution >= 0.6 is 11.6 Å². The third-order valence-electron chi connectivity index (χ3n) is 4.62. The first-order valence-electron chi connectivity index (χ1n) is 8.44. The summed E-state index contributed by atoms with van der Waals surface area (Å²) in [5, 5.41) is 11.8. The predicted molar refractivity (Wildman–Crippen MR) is 98.3 cm³/mol. The van der Waals surface area contributed by atoms with Crippen LogP contribution in [0.3, 0.4) is 0 Å². The Morgan fingerprint density at radius 3 is 2.68 bits per heavy atom. The highest BCUT2D eigenvalue weighted by Gasteiger charge is 2.19. The highest BCUT2D eigenvalue weighted by Crippen LogP contribution is 2.21. The summed E-state index contributed by atoms with van der Waals surface area (Å²) in [6, 6.07) is 7.95. The van der Waals surface area contributed by atoms with E-state index in [4.69, 9.17) is 11.6 Å². The highest BCUT2D eigenvalue weighted by atomic mass is 35.5. The molecule has 1 saturated heterocycles. The molecule has 1 aliphatic heterocycles. The molecule has 3 rings (SSSR count). The van der Waals surface area contributed by atoms with Crippen molar-refractivity contribution in [2.75, 3.05) is 37.6 Å². The van der Waals surface area contributed by atoms with E-state index in [1.165, 1.54) is 6.20 Å². The van der Waals surface area contributed by atoms with Gasteiger partial charge >= 0.3 is 5.82 Å². The third-order valence-corrected chi connectivity index (χ3v) is 4.86. The van der Waals surface area contributed by atoms with Gasteiger partial charge in [0.2, 0.25) is 0 Å². The maximum absolute atomic E-state index is 11.0. The van der Waals surface area contributed by atoms with E-state index in [1.807, 2.05) is 18.2 Å². The molecule has 0 N–H and O–H groups in total. The molecule has 0 aliphatic carbocycles. The van der Waals surface area contributed by atoms with Crippen LogP contribution in [-0.4, -0.2) is 52.1 Å². The van der Waals surface area contributed by atoms with Crippen molar-refractivity contribution in [2.45, 2.75) is 19.9 Å². The van der Waals surface area contributed by atoms with Gasteiger partial charge in [-0.3, -0.25) is 4.90 Å². The van der Waals surface area contributed by atoms with Crippen LogP contribution < -0.4 is 4.90 Å². The molecule has 0 spiro atoms. The zero-order valence-corrected chi connectivity index (χ0v) is 15.0. The van der Waals surface area contributed by atoms with Crippen molar-refractivity contribution in [1.29, 1.82) is 0 Å². The minimum atomic E-state index is -0.371. The number of halogens is 1. The molecule has 1 fully saturated rings. The van der Waals surface area contributed by atoms with Crippen molar-refractivity contribution in [3.63, 3.8) is 0 Å². The summed E-state index contributed by atoms with van der Waals surface area (Å²) in [5.74, 6) is 0.765. The molecule has 1 aromatic heterocycles. The fourth-order valence-corrected chi connectivity index (χ4v) is 3.42. The van der Waals surface area contributed by atoms with Crippen molar-refractivity contribution in [3.05, 3.63) is 51.4 Å². The molecule has 0 amide bonds. The Morgan fingerprint density at radius 2 is 2.00 bits per heavy atom. The topological polar surface area (TPSA) is 67.4 Å². The largest absolute Gasteiger partial charge is 0.369 e. The first-order valence-corrected chi connectivity index (χ1v) is 8.82. The fraction of sp³-hybridized carbons (Fsp3) is 0.471. The number of hydrogen-bond donors (Lipinski definition) is 0. The van der Waals surface area contributed by atoms with Crippen molar-refractivity contribution < 1.29 is 4.92 Å². The van der Waals surface area contributed by atoms with E-state index in [1.54, 1.807) is 11.5 Å². The van der Waals surface area contributed by atoms with Gasteiger partial charge in [-0.1, -0.05) is 17.7 Å². The number of benzene rings is 1. The minimum absolute atomic E-state index is 0.0725. The number of anilines is 1. The Morgan fingerprint density at radius 1 is 1.24 bits per heavy atom. The second-order valence-corrected chi connectivity index (χ2v) is 6.67. The summed E-state index contributed by atoms with van der Waals surface area (Å²) in [6.45, 7) is 7.25. The number of nitrogens with zero attached hydrogens (tertiary/aromatic N) is 5. The van der Waals surface area contributed by atoms with Gasteiger partial charge in [0.15, 0.2) is 5.82 Å². The summed E-state index contributed by atoms with van der Waals surface area (Å²) in [5.41, 5.74) is 1.16. The van der Waals surface area contributed by atoms with Gasteiger partial charge in [0, 0.05) is 50.4 Å². The Labute approximate surface area is 152 Å². The lowest BCUT2D eigenvalue weighted by Gasteiger charge is -2.36. The van der Waals surface area contributed by atoms with Gasteiger partial charge in [-0.15, -0.1) is 0 Å². The predicted octanol–water partition coefficient (Wildman–Crippen LogP) is 2.97. The molecule has 2 heterocycles. The van der Waals surface area contributed by atoms with E-state index in [-0.39, 0.29) is 10.7 Å². The number of nitro groups is 1. The van der Waals surface area contributed by atoms with Crippen molar-refractivity contribution in [3.8, 4) is 0 Å². The fourth-order valence-electron chi connectivity index (χ4n) is 3.23. The monoisotopic (exact) mass is 363 g/mol. The summed E-state index contributed by atoms with van der Waals surface area (Å²) in [4.78, 5) is 19.4. The second kappa shape index (κ2) is 7.84. The summed E-state index contributed by atoms with van der Waals surface area (Å²) < 4.78 is 1.68. The van der Waals surface area contributed by atoms with Crippen LogP contribution in [0.2, 0.25) is 5.02 Å². The van der Waals surface area contributed by atoms with E-state index in [9.17, 15) is 10.1 Å². The summed E-state index contributed by atoms with van der Waals surface area (Å²) in [6.07, 6.45) is 2.20. The van der Waals surface area contributed by atoms with Gasteiger partial charge in [-0.2, -0.15) is 0 Å². The SMILES string of the molecule is Cc1ncc([N+](=O)[O-])n1CCCN1CCN(c2cccc(Cl)c2)CC1. The number of imidazole rings is 1. The lowest BCUT2D eigenvalue weighted by molar-refractivity contribution is -0.392. The number of hydrogen-bond acceptors (Lipinski definition) is 5. The first kappa shape index (κ1) is 17.7. The van der Waals surface area contributed by atoms with E-state index < -0.39 is 0 Å². The van der Waals surface area contributed by atoms with Crippen molar-refractivity contribution >= 4 is 23.1 Å². The lowest BCUT2D eigenvalue weighted by atomic mass is 10.2. The average Bonchev–Trinajstić information content (AvgIpc) is 2.97. The normalized spacial score (nSPS) is 15.5. The number of rotatable bonds is 6. The molecule has 7 nitrogen and oxygen atoms in total. The Kier molecular flexibility index (Phi) is 5.55. The Hall–Kier alpha value is -2.12. The van der Waals surface area contributed by atoms with Gasteiger partial charge in [-0.25, -0.2) is 9.55 Å². The number of aromatic nitrogens is 2. The Balaban J connectivity index is 1.47. The van der Waals surface area contributed by atoms with Gasteiger partial charge in [0.25, 0.3) is 0 Å². The summed E-state index contributed by atoms with van der Waals surface area (Å²) in [7, 11) is 0. The molecule has 0 atom stereocenters. The molecule has 1 aliphatic rings. The minimum Gasteiger partial charge on any atom is -0.369 e. The van der Waals surface area contributed by atoms with Crippen LogP contribution in [0.5, 0.6) is 0 Å². The molecule has 8 heteroatoms. The number of piperazine rings is 1. The van der Waals surface area contributed by atoms with E-state index in [0.717, 1.165) is 49.9 Å². The zero-order chi connectivity index (χ0) is 17.8. The smallest absolute Gasteiger partial charge is 0.342 e. The average molecular weight is 364 g/mol. The second-order valence-electron chi connectivity index (χ2n) is 6.23. The van der Waals surface area contributed by atoms with Crippen molar-refractivity contribution in [1.82, 2.24) is 14.5 Å². The van der Waals surface area contributed by atoms with Crippen LogP contribution in [0.4, 0.5) is 11.5 Å². The van der Waals surface area contributed by atoms with Crippen LogP contribution in [0.1, 0.15) is 12.2 Å². The van der Waals surface area contributed by atoms with Gasteiger partial charge in [0.1, 0.15) is 6.20 Å². The van der Waals surface area contributed by atoms with E-state index >= 15 is 0 Å². The quantitative estimate of drug-likeness (QED) is 0.583. The lowest BCUT2D eigenvalue weighted by Crippen LogP contribution is -2.46. The van der Waals surface area contributed by atoms with Crippen molar-refractivity contribution in [2.24, 2.45) is 0 Å². The van der Waals surface area contributed by atoms with Crippen LogP contribution in [0, 0.1) is 17.0 Å². The molecule has 1 aromatic carbocycles. The Bertz CT molecular complexity index is 740. The molecular weight excluding hydrogens is 342 g/mol. The standard InChI is InChI=1S/C17H22ClN5O2/c1-14-19-13-17(23(24)25)22(14)7-3-6-20-8-10-21(11-9-20)16-5-2-4-15(18)12-16/h2,4-5,12-13H,3,6-11H2,1H3. The molecular formula is C17H22ClN5O2. The third kappa shape index (κ3) is 4.29. The van der Waals surface area contributed by atoms with Crippen LogP contribution in [0.25, 0.3) is 0 Å². The number of aryl methyl sites for hydroxylation is 1. The molecule has 134 valence electrons. The van der Waals surface area contributed by atoms with Crippen LogP contribution in [0.15, 0.2) is 30.5 Å². The maximum atomic E-state index is 11.0. The molecule has 0 saturated carbocycles. The molecule has 2 aromatic rings. The molecule has 0 radical (unpaired) electrons. The summed E-state index contributed by atoms with van der Waals surface area (Å²) >= 11 is 6.07. The maximum Gasteiger partial charge on any atom is 0.342 e. The van der Waals surface area contributed by atoms with E-state index in [2.05, 4.69) is 20.9 Å². The molecule has 0 bridgehead atoms. The van der Waals surface area contributed by atoms with E-state index in [0.29, 0.717) is 12.4 Å². The molecule has 0 unspecified atom stereocenters. The molecule has 25 heavy (non-hydrogen) atoms. The van der Waals surface area contributed by atoms with Gasteiger partial charge in [0.05, 0.1) is 6.54 Å². The van der Waals surface area contributed by atoms with Gasteiger partial charge < -0.3 is 15.0 Å². The van der Waals surface area contributed by atoms with Gasteiger partial charge in [-0.05, 0) is 29.5 Å². The highest BCUT2D eigenvalue weighted by molar-refractivity contribution is 6.30. The first-order chi connectivity index (χ1) is 12.0. The zero-order valence-electron chi connectivity index (χ0n) is 14.3. The van der Waals surface area contributed by atoms with Crippen LogP contribution in [-0.2, 0) is 6.54 Å².